The molecule has 38 heavy (non-hydrogen) atoms. The fraction of sp³-hybridized carbons (Fsp3) is 0.562. The van der Waals surface area contributed by atoms with Gasteiger partial charge in [0.1, 0.15) is 11.5 Å². The molecule has 0 spiro atoms. The molecule has 2 aliphatic rings. The van der Waals surface area contributed by atoms with Crippen LogP contribution in [-0.2, 0) is 0 Å². The quantitative estimate of drug-likeness (QED) is 0.354. The first-order valence-electron chi connectivity index (χ1n) is 14.3. The number of piperidine rings is 2. The summed E-state index contributed by atoms with van der Waals surface area (Å²) < 4.78 is 11.4. The average molecular weight is 517 g/mol. The molecule has 0 bridgehead atoms. The number of hydrogen-bond acceptors (Lipinski definition) is 6. The van der Waals surface area contributed by atoms with Crippen LogP contribution in [0.3, 0.4) is 0 Å². The molecule has 1 atom stereocenters. The zero-order valence-corrected chi connectivity index (χ0v) is 23.3. The maximum atomic E-state index is 8.71. The lowest BCUT2D eigenvalue weighted by atomic mass is 9.99. The molecular formula is C32H44N4O2. The first-order valence-corrected chi connectivity index (χ1v) is 14.3. The second kappa shape index (κ2) is 16.7. The number of benzene rings is 2. The van der Waals surface area contributed by atoms with Gasteiger partial charge in [-0.05, 0) is 119 Å². The Labute approximate surface area is 229 Å². The Morgan fingerprint density at radius 3 is 1.66 bits per heavy atom. The summed E-state index contributed by atoms with van der Waals surface area (Å²) in [6.07, 6.45) is 7.49. The van der Waals surface area contributed by atoms with Gasteiger partial charge < -0.3 is 19.3 Å². The van der Waals surface area contributed by atoms with Gasteiger partial charge in [-0.15, -0.1) is 0 Å². The number of hydrogen-bond donors (Lipinski definition) is 0. The van der Waals surface area contributed by atoms with Crippen LogP contribution >= 0.6 is 0 Å². The summed E-state index contributed by atoms with van der Waals surface area (Å²) in [4.78, 5) is 5.07. The van der Waals surface area contributed by atoms with Crippen LogP contribution in [0.1, 0.15) is 63.5 Å². The first-order chi connectivity index (χ1) is 18.6. The topological polar surface area (TPSA) is 72.5 Å². The number of nitriles is 2. The predicted octanol–water partition coefficient (Wildman–Crippen LogP) is 6.12. The standard InChI is InChI=1S/2C16H22N2O/c1-14-7-10-18(11-8-14)9-2-12-19-16-5-3-15(13-17)4-6-16;1-14-4-2-9-18(13-14)10-3-11-19-16-7-5-15(12-17)6-8-16/h3-6,14H,2,7-12H2,1H3;5-8,14H,2-4,9-11,13H2,1H3. The van der Waals surface area contributed by atoms with Crippen LogP contribution in [0.5, 0.6) is 11.5 Å². The van der Waals surface area contributed by atoms with Crippen molar-refractivity contribution in [3.63, 3.8) is 0 Å². The lowest BCUT2D eigenvalue weighted by molar-refractivity contribution is 0.170. The Morgan fingerprint density at radius 2 is 1.18 bits per heavy atom. The molecule has 2 saturated heterocycles. The summed E-state index contributed by atoms with van der Waals surface area (Å²) in [6.45, 7) is 13.4. The summed E-state index contributed by atoms with van der Waals surface area (Å²) >= 11 is 0. The molecule has 4 rings (SSSR count). The summed E-state index contributed by atoms with van der Waals surface area (Å²) in [5.74, 6) is 3.44. The van der Waals surface area contributed by atoms with E-state index in [4.69, 9.17) is 20.0 Å². The Kier molecular flexibility index (Phi) is 13.0. The predicted molar refractivity (Wildman–Crippen MR) is 152 cm³/mol. The van der Waals surface area contributed by atoms with Crippen molar-refractivity contribution in [1.29, 1.82) is 10.5 Å². The Morgan fingerprint density at radius 1 is 0.684 bits per heavy atom. The maximum Gasteiger partial charge on any atom is 0.119 e. The van der Waals surface area contributed by atoms with Crippen LogP contribution in [0.25, 0.3) is 0 Å². The molecule has 2 aliphatic heterocycles. The summed E-state index contributed by atoms with van der Waals surface area (Å²) in [6, 6.07) is 18.8. The van der Waals surface area contributed by atoms with Crippen molar-refractivity contribution in [2.45, 2.75) is 52.4 Å². The van der Waals surface area contributed by atoms with Crippen LogP contribution in [0.4, 0.5) is 0 Å². The van der Waals surface area contributed by atoms with Gasteiger partial charge >= 0.3 is 0 Å². The smallest absolute Gasteiger partial charge is 0.119 e. The normalized spacial score (nSPS) is 18.5. The highest BCUT2D eigenvalue weighted by Gasteiger charge is 2.16. The largest absolute Gasteiger partial charge is 0.494 e. The lowest BCUT2D eigenvalue weighted by Crippen LogP contribution is -2.35. The van der Waals surface area contributed by atoms with E-state index in [0.717, 1.165) is 62.5 Å². The molecule has 2 heterocycles. The third kappa shape index (κ3) is 11.1. The van der Waals surface area contributed by atoms with E-state index in [0.29, 0.717) is 11.1 Å². The van der Waals surface area contributed by atoms with E-state index in [2.05, 4.69) is 35.8 Å². The van der Waals surface area contributed by atoms with Crippen LogP contribution < -0.4 is 9.47 Å². The highest BCUT2D eigenvalue weighted by atomic mass is 16.5. The second-order valence-electron chi connectivity index (χ2n) is 10.7. The van der Waals surface area contributed by atoms with Gasteiger partial charge in [-0.2, -0.15) is 10.5 Å². The van der Waals surface area contributed by atoms with Crippen molar-refractivity contribution in [3.8, 4) is 23.6 Å². The third-order valence-corrected chi connectivity index (χ3v) is 7.36. The van der Waals surface area contributed by atoms with Gasteiger partial charge in [0.2, 0.25) is 0 Å². The first kappa shape index (κ1) is 29.5. The van der Waals surface area contributed by atoms with Gasteiger partial charge in [-0.25, -0.2) is 0 Å². The zero-order chi connectivity index (χ0) is 27.0. The van der Waals surface area contributed by atoms with Gasteiger partial charge in [0.25, 0.3) is 0 Å². The number of nitrogens with zero attached hydrogens (tertiary/aromatic N) is 4. The molecule has 0 N–H and O–H groups in total. The fourth-order valence-corrected chi connectivity index (χ4v) is 4.98. The van der Waals surface area contributed by atoms with E-state index in [1.807, 2.05) is 24.3 Å². The van der Waals surface area contributed by atoms with Gasteiger partial charge in [-0.1, -0.05) is 13.8 Å². The molecular weight excluding hydrogens is 472 g/mol. The van der Waals surface area contributed by atoms with Crippen molar-refractivity contribution in [3.05, 3.63) is 59.7 Å². The maximum absolute atomic E-state index is 8.71. The molecule has 0 saturated carbocycles. The van der Waals surface area contributed by atoms with Crippen molar-refractivity contribution >= 4 is 0 Å². The van der Waals surface area contributed by atoms with E-state index in [9.17, 15) is 0 Å². The minimum Gasteiger partial charge on any atom is -0.494 e. The average Bonchev–Trinajstić information content (AvgIpc) is 2.95. The highest BCUT2D eigenvalue weighted by Crippen LogP contribution is 2.17. The molecule has 0 aliphatic carbocycles. The Balaban J connectivity index is 0.000000211. The summed E-state index contributed by atoms with van der Waals surface area (Å²) in [5.41, 5.74) is 1.35. The minimum atomic E-state index is 0.676. The van der Waals surface area contributed by atoms with Crippen LogP contribution in [0.2, 0.25) is 0 Å². The molecule has 2 aromatic rings. The van der Waals surface area contributed by atoms with Gasteiger partial charge in [0.05, 0.1) is 36.5 Å². The van der Waals surface area contributed by atoms with Crippen molar-refractivity contribution in [2.75, 3.05) is 52.5 Å². The van der Waals surface area contributed by atoms with Gasteiger partial charge in [-0.3, -0.25) is 0 Å². The van der Waals surface area contributed by atoms with E-state index in [1.165, 1.54) is 51.9 Å². The van der Waals surface area contributed by atoms with Crippen LogP contribution in [0.15, 0.2) is 48.5 Å². The third-order valence-electron chi connectivity index (χ3n) is 7.36. The highest BCUT2D eigenvalue weighted by molar-refractivity contribution is 5.35. The van der Waals surface area contributed by atoms with E-state index >= 15 is 0 Å². The monoisotopic (exact) mass is 516 g/mol. The summed E-state index contributed by atoms with van der Waals surface area (Å²) in [7, 11) is 0. The van der Waals surface area contributed by atoms with Crippen LogP contribution in [-0.4, -0.2) is 62.3 Å². The van der Waals surface area contributed by atoms with Gasteiger partial charge in [0.15, 0.2) is 0 Å². The van der Waals surface area contributed by atoms with Crippen LogP contribution in [0, 0.1) is 34.5 Å². The van der Waals surface area contributed by atoms with Crippen molar-refractivity contribution in [1.82, 2.24) is 9.80 Å². The van der Waals surface area contributed by atoms with Gasteiger partial charge in [0, 0.05) is 19.6 Å². The van der Waals surface area contributed by atoms with Crippen molar-refractivity contribution < 1.29 is 9.47 Å². The van der Waals surface area contributed by atoms with E-state index in [1.54, 1.807) is 24.3 Å². The fourth-order valence-electron chi connectivity index (χ4n) is 4.98. The molecule has 2 aromatic carbocycles. The minimum absolute atomic E-state index is 0.676. The molecule has 0 radical (unpaired) electrons. The van der Waals surface area contributed by atoms with Crippen molar-refractivity contribution in [2.24, 2.45) is 11.8 Å². The van der Waals surface area contributed by atoms with E-state index in [-0.39, 0.29) is 0 Å². The molecule has 6 nitrogen and oxygen atoms in total. The van der Waals surface area contributed by atoms with E-state index < -0.39 is 0 Å². The Hall–Kier alpha value is -3.06. The number of likely N-dealkylation sites (tertiary alicyclic amines) is 2. The number of ether oxygens (including phenoxy) is 2. The lowest BCUT2D eigenvalue weighted by Gasteiger charge is -2.30. The number of rotatable bonds is 10. The zero-order valence-electron chi connectivity index (χ0n) is 23.3. The SMILES string of the molecule is CC1CCCN(CCCOc2ccc(C#N)cc2)C1.CC1CCN(CCCOc2ccc(C#N)cc2)CC1. The molecule has 2 fully saturated rings. The molecule has 0 aromatic heterocycles. The molecule has 1 unspecified atom stereocenters. The molecule has 204 valence electrons. The Bertz CT molecular complexity index is 1000. The molecule has 0 amide bonds. The summed E-state index contributed by atoms with van der Waals surface area (Å²) in [5, 5.41) is 17.4. The molecule has 6 heteroatoms. The second-order valence-corrected chi connectivity index (χ2v) is 10.7.